The Hall–Kier alpha value is -3.54. The van der Waals surface area contributed by atoms with Crippen LogP contribution in [-0.2, 0) is 16.8 Å². The molecule has 2 aromatic carbocycles. The molecule has 6 nitrogen and oxygen atoms in total. The Labute approximate surface area is 183 Å². The largest absolute Gasteiger partial charge is 0.493 e. The Bertz CT molecular complexity index is 1010. The molecule has 1 heterocycles. The number of anilines is 1. The Kier molecular flexibility index (Phi) is 7.13. The number of rotatable bonds is 8. The molecule has 3 rings (SSSR count). The number of nitrogens with zero attached hydrogens (tertiary/aromatic N) is 1. The quantitative estimate of drug-likeness (QED) is 0.556. The van der Waals surface area contributed by atoms with Gasteiger partial charge in [0.1, 0.15) is 12.4 Å². The first kappa shape index (κ1) is 22.2. The third-order valence-electron chi connectivity index (χ3n) is 4.62. The van der Waals surface area contributed by atoms with E-state index in [1.165, 1.54) is 0 Å². The highest BCUT2D eigenvalue weighted by Crippen LogP contribution is 2.32. The Morgan fingerprint density at radius 1 is 0.968 bits per heavy atom. The number of carbonyl (C=O) groups excluding carboxylic acids is 1. The number of amides is 1. The molecule has 3 aromatic rings. The molecular formula is C25H28N2O4. The number of pyridine rings is 1. The summed E-state index contributed by atoms with van der Waals surface area (Å²) in [6.07, 6.45) is 3.45. The number of benzene rings is 2. The maximum absolute atomic E-state index is 12.5. The summed E-state index contributed by atoms with van der Waals surface area (Å²) in [6, 6.07) is 16.8. The lowest BCUT2D eigenvalue weighted by atomic mass is 9.86. The zero-order valence-electron chi connectivity index (χ0n) is 18.3. The van der Waals surface area contributed by atoms with E-state index in [0.717, 1.165) is 11.1 Å². The van der Waals surface area contributed by atoms with Crippen molar-refractivity contribution in [3.05, 3.63) is 78.1 Å². The zero-order valence-corrected chi connectivity index (χ0v) is 18.3. The summed E-state index contributed by atoms with van der Waals surface area (Å²) in [5, 5.41) is 2.85. The molecule has 1 amide bonds. The van der Waals surface area contributed by atoms with E-state index in [9.17, 15) is 4.79 Å². The van der Waals surface area contributed by atoms with E-state index in [4.69, 9.17) is 14.2 Å². The van der Waals surface area contributed by atoms with E-state index in [1.807, 2.05) is 36.4 Å². The molecule has 0 radical (unpaired) electrons. The molecule has 6 heteroatoms. The van der Waals surface area contributed by atoms with Crippen LogP contribution in [0.1, 0.15) is 31.9 Å². The number of nitrogens with one attached hydrogen (secondary N) is 1. The van der Waals surface area contributed by atoms with Crippen LogP contribution in [0.2, 0.25) is 0 Å². The average Bonchev–Trinajstić information content (AvgIpc) is 2.76. The molecule has 162 valence electrons. The first-order valence-electron chi connectivity index (χ1n) is 10.1. The number of hydrogen-bond donors (Lipinski definition) is 1. The second kappa shape index (κ2) is 9.98. The fourth-order valence-corrected chi connectivity index (χ4v) is 3.06. The van der Waals surface area contributed by atoms with Gasteiger partial charge in [-0.25, -0.2) is 0 Å². The average molecular weight is 421 g/mol. The third-order valence-corrected chi connectivity index (χ3v) is 4.62. The second-order valence-corrected chi connectivity index (χ2v) is 8.10. The van der Waals surface area contributed by atoms with Crippen molar-refractivity contribution in [2.24, 2.45) is 0 Å². The first-order chi connectivity index (χ1) is 14.9. The molecule has 0 aliphatic carbocycles. The predicted octanol–water partition coefficient (Wildman–Crippen LogP) is 4.98. The summed E-state index contributed by atoms with van der Waals surface area (Å²) in [5.74, 6) is 1.56. The van der Waals surface area contributed by atoms with Gasteiger partial charge in [0.2, 0.25) is 0 Å². The predicted molar refractivity (Wildman–Crippen MR) is 121 cm³/mol. The third kappa shape index (κ3) is 6.22. The van der Waals surface area contributed by atoms with Gasteiger partial charge in [0.15, 0.2) is 18.1 Å². The first-order valence-corrected chi connectivity index (χ1v) is 10.1. The van der Waals surface area contributed by atoms with Crippen molar-refractivity contribution in [1.29, 1.82) is 0 Å². The van der Waals surface area contributed by atoms with Gasteiger partial charge in [-0.15, -0.1) is 0 Å². The monoisotopic (exact) mass is 420 g/mol. The van der Waals surface area contributed by atoms with Gasteiger partial charge in [0.25, 0.3) is 5.91 Å². The summed E-state index contributed by atoms with van der Waals surface area (Å²) >= 11 is 0. The number of hydrogen-bond acceptors (Lipinski definition) is 5. The van der Waals surface area contributed by atoms with E-state index in [0.29, 0.717) is 29.5 Å². The molecule has 0 atom stereocenters. The molecule has 0 bridgehead atoms. The number of ether oxygens (including phenoxy) is 3. The van der Waals surface area contributed by atoms with Crippen LogP contribution in [0.3, 0.4) is 0 Å². The van der Waals surface area contributed by atoms with Gasteiger partial charge in [-0.3, -0.25) is 9.78 Å². The number of methoxy groups -OCH3 is 1. The maximum Gasteiger partial charge on any atom is 0.262 e. The molecule has 1 aromatic heterocycles. The highest BCUT2D eigenvalue weighted by atomic mass is 16.5. The van der Waals surface area contributed by atoms with Crippen molar-refractivity contribution in [2.45, 2.75) is 32.8 Å². The summed E-state index contributed by atoms with van der Waals surface area (Å²) in [6.45, 7) is 6.58. The lowest BCUT2D eigenvalue weighted by Gasteiger charge is -2.22. The van der Waals surface area contributed by atoms with Crippen LogP contribution >= 0.6 is 0 Å². The summed E-state index contributed by atoms with van der Waals surface area (Å²) < 4.78 is 17.0. The number of para-hydroxylation sites is 1. The van der Waals surface area contributed by atoms with E-state index in [-0.39, 0.29) is 17.9 Å². The van der Waals surface area contributed by atoms with E-state index < -0.39 is 0 Å². The topological polar surface area (TPSA) is 69.7 Å². The Morgan fingerprint density at radius 2 is 1.77 bits per heavy atom. The minimum Gasteiger partial charge on any atom is -0.493 e. The SMILES string of the molecule is COc1ccc(NC(=O)COc2ccccc2C(C)(C)C)cc1OCc1cccnc1. The number of aromatic nitrogens is 1. The molecule has 0 aliphatic rings. The summed E-state index contributed by atoms with van der Waals surface area (Å²) in [4.78, 5) is 16.6. The highest BCUT2D eigenvalue weighted by Gasteiger charge is 2.19. The van der Waals surface area contributed by atoms with Crippen LogP contribution in [0.25, 0.3) is 0 Å². The van der Waals surface area contributed by atoms with Gasteiger partial charge in [-0.2, -0.15) is 0 Å². The minimum atomic E-state index is -0.257. The highest BCUT2D eigenvalue weighted by molar-refractivity contribution is 5.92. The van der Waals surface area contributed by atoms with Gasteiger partial charge >= 0.3 is 0 Å². The van der Waals surface area contributed by atoms with Gasteiger partial charge in [0, 0.05) is 29.7 Å². The van der Waals surface area contributed by atoms with Gasteiger partial charge in [-0.1, -0.05) is 45.0 Å². The summed E-state index contributed by atoms with van der Waals surface area (Å²) in [5.41, 5.74) is 2.51. The van der Waals surface area contributed by atoms with Crippen molar-refractivity contribution in [1.82, 2.24) is 4.98 Å². The van der Waals surface area contributed by atoms with Crippen LogP contribution < -0.4 is 19.5 Å². The minimum absolute atomic E-state index is 0.0798. The van der Waals surface area contributed by atoms with E-state index >= 15 is 0 Å². The Balaban J connectivity index is 1.64. The zero-order chi connectivity index (χ0) is 22.3. The van der Waals surface area contributed by atoms with Crippen LogP contribution in [0.15, 0.2) is 67.0 Å². The molecule has 1 N–H and O–H groups in total. The van der Waals surface area contributed by atoms with Crippen molar-refractivity contribution in [3.63, 3.8) is 0 Å². The van der Waals surface area contributed by atoms with Gasteiger partial charge in [0.05, 0.1) is 7.11 Å². The molecule has 0 spiro atoms. The molecule has 0 unspecified atom stereocenters. The van der Waals surface area contributed by atoms with E-state index in [1.54, 1.807) is 37.7 Å². The van der Waals surface area contributed by atoms with Crippen LogP contribution in [0, 0.1) is 0 Å². The second-order valence-electron chi connectivity index (χ2n) is 8.10. The molecular weight excluding hydrogens is 392 g/mol. The van der Waals surface area contributed by atoms with Crippen molar-refractivity contribution in [2.75, 3.05) is 19.0 Å². The Morgan fingerprint density at radius 3 is 2.48 bits per heavy atom. The lowest BCUT2D eigenvalue weighted by Crippen LogP contribution is -2.22. The van der Waals surface area contributed by atoms with E-state index in [2.05, 4.69) is 31.1 Å². The van der Waals surface area contributed by atoms with Crippen LogP contribution in [-0.4, -0.2) is 24.6 Å². The molecule has 0 aliphatic heterocycles. The lowest BCUT2D eigenvalue weighted by molar-refractivity contribution is -0.118. The van der Waals surface area contributed by atoms with Crippen LogP contribution in [0.4, 0.5) is 5.69 Å². The molecule has 0 fully saturated rings. The molecule has 0 saturated carbocycles. The standard InChI is InChI=1S/C25H28N2O4/c1-25(2,3)20-9-5-6-10-21(20)31-17-24(28)27-19-11-12-22(29-4)23(14-19)30-16-18-8-7-13-26-15-18/h5-15H,16-17H2,1-4H3,(H,27,28). The van der Waals surface area contributed by atoms with Gasteiger partial charge in [-0.05, 0) is 35.2 Å². The van der Waals surface area contributed by atoms with Crippen molar-refractivity contribution < 1.29 is 19.0 Å². The molecule has 31 heavy (non-hydrogen) atoms. The fraction of sp³-hybridized carbons (Fsp3) is 0.280. The maximum atomic E-state index is 12.5. The number of carbonyl (C=O) groups is 1. The van der Waals surface area contributed by atoms with Crippen molar-refractivity contribution in [3.8, 4) is 17.2 Å². The normalized spacial score (nSPS) is 11.0. The molecule has 0 saturated heterocycles. The fourth-order valence-electron chi connectivity index (χ4n) is 3.06. The van der Waals surface area contributed by atoms with Crippen molar-refractivity contribution >= 4 is 11.6 Å². The smallest absolute Gasteiger partial charge is 0.262 e. The van der Waals surface area contributed by atoms with Crippen LogP contribution in [0.5, 0.6) is 17.2 Å². The van der Waals surface area contributed by atoms with Gasteiger partial charge < -0.3 is 19.5 Å². The summed E-state index contributed by atoms with van der Waals surface area (Å²) in [7, 11) is 1.57.